The van der Waals surface area contributed by atoms with Gasteiger partial charge in [-0.15, -0.1) is 11.8 Å². The van der Waals surface area contributed by atoms with Crippen molar-refractivity contribution in [2.75, 3.05) is 11.9 Å². The van der Waals surface area contributed by atoms with E-state index in [1.165, 1.54) is 12.1 Å². The van der Waals surface area contributed by atoms with Gasteiger partial charge in [0.25, 0.3) is 0 Å². The summed E-state index contributed by atoms with van der Waals surface area (Å²) in [6, 6.07) is 19.4. The van der Waals surface area contributed by atoms with Crippen molar-refractivity contribution in [1.82, 2.24) is 10.3 Å². The molecule has 0 aliphatic carbocycles. The van der Waals surface area contributed by atoms with Gasteiger partial charge in [-0.25, -0.2) is 23.3 Å². The number of amides is 2. The number of thioether (sulfide) groups is 1. The summed E-state index contributed by atoms with van der Waals surface area (Å²) in [6.07, 6.45) is 2.33. The molecule has 3 aromatic rings. The number of carbonyl (C=O) groups excluding carboxylic acids is 1. The number of urea groups is 1. The lowest BCUT2D eigenvalue weighted by Crippen LogP contribution is -2.30. The SMILES string of the molecule is NS(=O)(=O)c1ccc(CCNC(=O)Nc2cccc(CSc3ccccn3)c2)cc1. The van der Waals surface area contributed by atoms with Crippen LogP contribution in [0.3, 0.4) is 0 Å². The lowest BCUT2D eigenvalue weighted by Gasteiger charge is -2.09. The maximum absolute atomic E-state index is 12.1. The van der Waals surface area contributed by atoms with Gasteiger partial charge >= 0.3 is 6.03 Å². The number of benzene rings is 2. The van der Waals surface area contributed by atoms with Crippen LogP contribution in [0.15, 0.2) is 82.8 Å². The molecular formula is C21H22N4O3S2. The number of primary sulfonamides is 1. The number of anilines is 1. The third-order valence-corrected chi connectivity index (χ3v) is 6.10. The van der Waals surface area contributed by atoms with Crippen molar-refractivity contribution in [2.45, 2.75) is 22.1 Å². The highest BCUT2D eigenvalue weighted by Gasteiger charge is 2.07. The largest absolute Gasteiger partial charge is 0.338 e. The molecule has 3 rings (SSSR count). The van der Waals surface area contributed by atoms with Gasteiger partial charge in [-0.05, 0) is 53.9 Å². The number of nitrogens with zero attached hydrogens (tertiary/aromatic N) is 1. The zero-order valence-electron chi connectivity index (χ0n) is 16.1. The number of hydrogen-bond donors (Lipinski definition) is 3. The Morgan fingerprint density at radius 1 is 1.00 bits per heavy atom. The molecule has 0 spiro atoms. The van der Waals surface area contributed by atoms with E-state index in [1.54, 1.807) is 30.1 Å². The second kappa shape index (κ2) is 10.2. The van der Waals surface area contributed by atoms with Gasteiger partial charge in [0, 0.05) is 24.2 Å². The van der Waals surface area contributed by atoms with Crippen molar-refractivity contribution in [3.63, 3.8) is 0 Å². The highest BCUT2D eigenvalue weighted by Crippen LogP contribution is 2.22. The van der Waals surface area contributed by atoms with Crippen LogP contribution in [0.1, 0.15) is 11.1 Å². The fourth-order valence-electron chi connectivity index (χ4n) is 2.67. The number of pyridine rings is 1. The molecule has 30 heavy (non-hydrogen) atoms. The normalized spacial score (nSPS) is 11.1. The summed E-state index contributed by atoms with van der Waals surface area (Å²) in [5.41, 5.74) is 2.69. The molecule has 0 atom stereocenters. The van der Waals surface area contributed by atoms with Crippen LogP contribution in [0.2, 0.25) is 0 Å². The van der Waals surface area contributed by atoms with E-state index >= 15 is 0 Å². The van der Waals surface area contributed by atoms with E-state index < -0.39 is 10.0 Å². The standard InChI is InChI=1S/C21H22N4O3S2/c22-30(27,28)19-9-7-16(8-10-19)11-13-24-21(26)25-18-5-3-4-17(14-18)15-29-20-6-1-2-12-23-20/h1-10,12,14H,11,13,15H2,(H2,22,27,28)(H2,24,25,26). The van der Waals surface area contributed by atoms with Crippen molar-refractivity contribution in [3.8, 4) is 0 Å². The molecule has 0 unspecified atom stereocenters. The molecule has 0 aliphatic rings. The lowest BCUT2D eigenvalue weighted by molar-refractivity contribution is 0.252. The van der Waals surface area contributed by atoms with Gasteiger partial charge in [-0.3, -0.25) is 0 Å². The second-order valence-corrected chi connectivity index (χ2v) is 9.03. The Kier molecular flexibility index (Phi) is 7.45. The molecule has 0 radical (unpaired) electrons. The van der Waals surface area contributed by atoms with Crippen LogP contribution < -0.4 is 15.8 Å². The number of nitrogens with one attached hydrogen (secondary N) is 2. The van der Waals surface area contributed by atoms with Gasteiger partial charge in [0.15, 0.2) is 0 Å². The average molecular weight is 443 g/mol. The van der Waals surface area contributed by atoms with E-state index in [1.807, 2.05) is 42.5 Å². The Bertz CT molecular complexity index is 1090. The van der Waals surface area contributed by atoms with E-state index in [0.717, 1.165) is 21.9 Å². The van der Waals surface area contributed by atoms with Gasteiger partial charge in [0.2, 0.25) is 10.0 Å². The van der Waals surface area contributed by atoms with Gasteiger partial charge < -0.3 is 10.6 Å². The van der Waals surface area contributed by atoms with Crippen LogP contribution in [-0.4, -0.2) is 26.0 Å². The van der Waals surface area contributed by atoms with E-state index in [0.29, 0.717) is 18.7 Å². The van der Waals surface area contributed by atoms with Crippen LogP contribution in [0.5, 0.6) is 0 Å². The van der Waals surface area contributed by atoms with E-state index in [9.17, 15) is 13.2 Å². The monoisotopic (exact) mass is 442 g/mol. The van der Waals surface area contributed by atoms with Gasteiger partial charge in [0.1, 0.15) is 0 Å². The van der Waals surface area contributed by atoms with Crippen molar-refractivity contribution < 1.29 is 13.2 Å². The predicted molar refractivity (Wildman–Crippen MR) is 119 cm³/mol. The van der Waals surface area contributed by atoms with E-state index in [2.05, 4.69) is 15.6 Å². The molecule has 4 N–H and O–H groups in total. The fraction of sp³-hybridized carbons (Fsp3) is 0.143. The minimum atomic E-state index is -3.70. The summed E-state index contributed by atoms with van der Waals surface area (Å²) in [5.74, 6) is 0.753. The number of rotatable bonds is 8. The summed E-state index contributed by atoms with van der Waals surface area (Å²) < 4.78 is 22.5. The van der Waals surface area contributed by atoms with Crippen LogP contribution >= 0.6 is 11.8 Å². The molecule has 1 heterocycles. The van der Waals surface area contributed by atoms with Crippen LogP contribution in [0.4, 0.5) is 10.5 Å². The van der Waals surface area contributed by atoms with Crippen LogP contribution in [0, 0.1) is 0 Å². The van der Waals surface area contributed by atoms with Crippen molar-refractivity contribution in [2.24, 2.45) is 5.14 Å². The zero-order valence-corrected chi connectivity index (χ0v) is 17.7. The third-order valence-electron chi connectivity index (χ3n) is 4.16. The molecule has 0 saturated carbocycles. The van der Waals surface area contributed by atoms with E-state index in [4.69, 9.17) is 5.14 Å². The number of carbonyl (C=O) groups is 1. The first-order valence-electron chi connectivity index (χ1n) is 9.19. The molecule has 1 aromatic heterocycles. The molecule has 0 saturated heterocycles. The first kappa shape index (κ1) is 21.8. The smallest absolute Gasteiger partial charge is 0.319 e. The zero-order chi connectivity index (χ0) is 21.4. The Labute approximate surface area is 180 Å². The summed E-state index contributed by atoms with van der Waals surface area (Å²) in [6.45, 7) is 0.412. The van der Waals surface area contributed by atoms with Crippen molar-refractivity contribution in [3.05, 3.63) is 84.1 Å². The first-order valence-corrected chi connectivity index (χ1v) is 11.7. The Balaban J connectivity index is 1.45. The van der Waals surface area contributed by atoms with Gasteiger partial charge in [-0.2, -0.15) is 0 Å². The Morgan fingerprint density at radius 3 is 2.50 bits per heavy atom. The molecule has 156 valence electrons. The summed E-state index contributed by atoms with van der Waals surface area (Å²) in [7, 11) is -3.70. The summed E-state index contributed by atoms with van der Waals surface area (Å²) in [4.78, 5) is 16.5. The molecular weight excluding hydrogens is 420 g/mol. The Morgan fingerprint density at radius 2 is 1.80 bits per heavy atom. The maximum Gasteiger partial charge on any atom is 0.319 e. The molecule has 0 aliphatic heterocycles. The number of nitrogens with two attached hydrogens (primary N) is 1. The second-order valence-electron chi connectivity index (χ2n) is 6.48. The van der Waals surface area contributed by atoms with Crippen LogP contribution in [-0.2, 0) is 22.2 Å². The Hall–Kier alpha value is -2.88. The highest BCUT2D eigenvalue weighted by atomic mass is 32.2. The number of aromatic nitrogens is 1. The van der Waals surface area contributed by atoms with Gasteiger partial charge in [0.05, 0.1) is 9.92 Å². The summed E-state index contributed by atoms with van der Waals surface area (Å²) >= 11 is 1.63. The maximum atomic E-state index is 12.1. The first-order chi connectivity index (χ1) is 14.4. The molecule has 9 heteroatoms. The van der Waals surface area contributed by atoms with Crippen LogP contribution in [0.25, 0.3) is 0 Å². The highest BCUT2D eigenvalue weighted by molar-refractivity contribution is 7.98. The number of hydrogen-bond acceptors (Lipinski definition) is 5. The fourth-order valence-corrected chi connectivity index (χ4v) is 3.99. The topological polar surface area (TPSA) is 114 Å². The summed E-state index contributed by atoms with van der Waals surface area (Å²) in [5, 5.41) is 11.6. The van der Waals surface area contributed by atoms with E-state index in [-0.39, 0.29) is 10.9 Å². The average Bonchev–Trinajstić information content (AvgIpc) is 2.73. The van der Waals surface area contributed by atoms with Crippen molar-refractivity contribution >= 4 is 33.5 Å². The quantitative estimate of drug-likeness (QED) is 0.463. The lowest BCUT2D eigenvalue weighted by atomic mass is 10.1. The minimum Gasteiger partial charge on any atom is -0.338 e. The molecule has 0 bridgehead atoms. The molecule has 2 aromatic carbocycles. The van der Waals surface area contributed by atoms with Gasteiger partial charge in [-0.1, -0.05) is 30.3 Å². The predicted octanol–water partition coefficient (Wildman–Crippen LogP) is 3.39. The number of sulfonamides is 1. The molecule has 2 amide bonds. The van der Waals surface area contributed by atoms with Crippen molar-refractivity contribution in [1.29, 1.82) is 0 Å². The third kappa shape index (κ3) is 6.87. The molecule has 7 nitrogen and oxygen atoms in total. The molecule has 0 fully saturated rings. The minimum absolute atomic E-state index is 0.0676.